The van der Waals surface area contributed by atoms with Crippen molar-refractivity contribution in [3.8, 4) is 0 Å². The van der Waals surface area contributed by atoms with Crippen molar-refractivity contribution in [1.29, 1.82) is 0 Å². The number of benzene rings is 1. The fourth-order valence-corrected chi connectivity index (χ4v) is 2.51. The molecule has 0 aliphatic carbocycles. The molecule has 1 heterocycles. The number of aromatic nitrogens is 1. The van der Waals surface area contributed by atoms with Gasteiger partial charge in [-0.2, -0.15) is 0 Å². The van der Waals surface area contributed by atoms with Gasteiger partial charge >= 0.3 is 0 Å². The van der Waals surface area contributed by atoms with E-state index in [1.165, 1.54) is 5.56 Å². The minimum absolute atomic E-state index is 0.172. The highest BCUT2D eigenvalue weighted by molar-refractivity contribution is 6.31. The van der Waals surface area contributed by atoms with Crippen LogP contribution >= 0.6 is 11.6 Å². The quantitative estimate of drug-likeness (QED) is 0.873. The molecule has 0 radical (unpaired) electrons. The molecule has 0 saturated heterocycles. The fourth-order valence-electron chi connectivity index (χ4n) is 2.22. The zero-order valence-electron chi connectivity index (χ0n) is 12.8. The Morgan fingerprint density at radius 3 is 2.62 bits per heavy atom. The van der Waals surface area contributed by atoms with Gasteiger partial charge in [-0.1, -0.05) is 42.8 Å². The first kappa shape index (κ1) is 15.8. The molecular formula is C17H22ClN3. The molecule has 0 bridgehead atoms. The predicted octanol–water partition coefficient (Wildman–Crippen LogP) is 4.04. The summed E-state index contributed by atoms with van der Waals surface area (Å²) in [4.78, 5) is 6.69. The van der Waals surface area contributed by atoms with Crippen molar-refractivity contribution in [2.75, 3.05) is 18.5 Å². The van der Waals surface area contributed by atoms with Gasteiger partial charge in [0.15, 0.2) is 0 Å². The molecule has 1 unspecified atom stereocenters. The maximum Gasteiger partial charge on any atom is 0.128 e. The summed E-state index contributed by atoms with van der Waals surface area (Å²) in [6.07, 6.45) is 1.92. The summed E-state index contributed by atoms with van der Waals surface area (Å²) < 4.78 is 0. The molecule has 2 rings (SSSR count). The van der Waals surface area contributed by atoms with Gasteiger partial charge in [0.1, 0.15) is 5.82 Å². The first-order valence-electron chi connectivity index (χ1n) is 7.26. The van der Waals surface area contributed by atoms with Crippen LogP contribution in [0.3, 0.4) is 0 Å². The number of anilines is 1. The number of nitrogens with one attached hydrogen (secondary N) is 1. The lowest BCUT2D eigenvalue weighted by Gasteiger charge is -2.27. The molecule has 0 fully saturated rings. The third kappa shape index (κ3) is 3.96. The number of hydrogen-bond donors (Lipinski definition) is 1. The number of halogens is 1. The molecule has 112 valence electrons. The van der Waals surface area contributed by atoms with Crippen molar-refractivity contribution >= 4 is 17.4 Å². The summed E-state index contributed by atoms with van der Waals surface area (Å²) in [6, 6.07) is 12.3. The highest BCUT2D eigenvalue weighted by Crippen LogP contribution is 2.28. The third-order valence-corrected chi connectivity index (χ3v) is 4.03. The highest BCUT2D eigenvalue weighted by atomic mass is 35.5. The van der Waals surface area contributed by atoms with Crippen LogP contribution in [-0.4, -0.2) is 18.6 Å². The van der Waals surface area contributed by atoms with Crippen LogP contribution in [0.1, 0.15) is 31.0 Å². The number of hydrogen-bond acceptors (Lipinski definition) is 3. The molecule has 21 heavy (non-hydrogen) atoms. The van der Waals surface area contributed by atoms with Crippen LogP contribution in [0.25, 0.3) is 0 Å². The third-order valence-electron chi connectivity index (χ3n) is 3.69. The SMILES string of the molecule is CCNCc1ccc(N(C)C(C)c2ccccc2Cl)nc1. The Kier molecular flexibility index (Phi) is 5.59. The van der Waals surface area contributed by atoms with Crippen molar-refractivity contribution in [3.63, 3.8) is 0 Å². The number of rotatable bonds is 6. The molecule has 1 N–H and O–H groups in total. The molecule has 3 nitrogen and oxygen atoms in total. The maximum absolute atomic E-state index is 6.28. The maximum atomic E-state index is 6.28. The Bertz CT molecular complexity index is 569. The van der Waals surface area contributed by atoms with Gasteiger partial charge in [0, 0.05) is 24.8 Å². The Morgan fingerprint density at radius 2 is 2.00 bits per heavy atom. The minimum Gasteiger partial charge on any atom is -0.353 e. The van der Waals surface area contributed by atoms with Crippen molar-refractivity contribution < 1.29 is 0 Å². The van der Waals surface area contributed by atoms with Gasteiger partial charge in [0.2, 0.25) is 0 Å². The lowest BCUT2D eigenvalue weighted by molar-refractivity contribution is 0.715. The van der Waals surface area contributed by atoms with Crippen molar-refractivity contribution in [2.24, 2.45) is 0 Å². The summed E-state index contributed by atoms with van der Waals surface area (Å²) in [5.41, 5.74) is 2.31. The normalized spacial score (nSPS) is 12.2. The van der Waals surface area contributed by atoms with Gasteiger partial charge in [-0.05, 0) is 36.7 Å². The zero-order chi connectivity index (χ0) is 15.2. The summed E-state index contributed by atoms with van der Waals surface area (Å²) in [7, 11) is 2.04. The van der Waals surface area contributed by atoms with Crippen LogP contribution in [0.15, 0.2) is 42.6 Å². The van der Waals surface area contributed by atoms with E-state index in [2.05, 4.69) is 47.2 Å². The second kappa shape index (κ2) is 7.43. The van der Waals surface area contributed by atoms with Crippen molar-refractivity contribution in [1.82, 2.24) is 10.3 Å². The first-order valence-corrected chi connectivity index (χ1v) is 7.64. The van der Waals surface area contributed by atoms with Crippen LogP contribution in [0, 0.1) is 0 Å². The molecule has 0 aliphatic heterocycles. The smallest absolute Gasteiger partial charge is 0.128 e. The zero-order valence-corrected chi connectivity index (χ0v) is 13.6. The van der Waals surface area contributed by atoms with E-state index in [0.717, 1.165) is 29.5 Å². The fraction of sp³-hybridized carbons (Fsp3) is 0.353. The van der Waals surface area contributed by atoms with Crippen molar-refractivity contribution in [3.05, 3.63) is 58.7 Å². The highest BCUT2D eigenvalue weighted by Gasteiger charge is 2.15. The molecule has 0 amide bonds. The van der Waals surface area contributed by atoms with Crippen LogP contribution in [0.2, 0.25) is 5.02 Å². The molecule has 4 heteroatoms. The second-order valence-corrected chi connectivity index (χ2v) is 5.52. The van der Waals surface area contributed by atoms with E-state index in [0.29, 0.717) is 0 Å². The average molecular weight is 304 g/mol. The predicted molar refractivity (Wildman–Crippen MR) is 89.9 cm³/mol. The Morgan fingerprint density at radius 1 is 1.24 bits per heavy atom. The average Bonchev–Trinajstić information content (AvgIpc) is 2.52. The van der Waals surface area contributed by atoms with E-state index < -0.39 is 0 Å². The standard InChI is InChI=1S/C17H22ClN3/c1-4-19-11-14-9-10-17(20-12-14)21(3)13(2)15-7-5-6-8-16(15)18/h5-10,12-13,19H,4,11H2,1-3H3. The van der Waals surface area contributed by atoms with E-state index in [1.807, 2.05) is 31.4 Å². The summed E-state index contributed by atoms with van der Waals surface area (Å²) in [5, 5.41) is 4.09. The summed E-state index contributed by atoms with van der Waals surface area (Å²) in [5.74, 6) is 0.947. The first-order chi connectivity index (χ1) is 10.1. The molecule has 1 atom stereocenters. The van der Waals surface area contributed by atoms with Crippen LogP contribution < -0.4 is 10.2 Å². The Hall–Kier alpha value is -1.58. The van der Waals surface area contributed by atoms with E-state index in [4.69, 9.17) is 11.6 Å². The molecule has 0 saturated carbocycles. The number of pyridine rings is 1. The topological polar surface area (TPSA) is 28.2 Å². The Balaban J connectivity index is 2.12. The molecule has 2 aromatic rings. The lowest BCUT2D eigenvalue weighted by atomic mass is 10.1. The monoisotopic (exact) mass is 303 g/mol. The lowest BCUT2D eigenvalue weighted by Crippen LogP contribution is -2.23. The van der Waals surface area contributed by atoms with E-state index in [1.54, 1.807) is 0 Å². The largest absolute Gasteiger partial charge is 0.353 e. The van der Waals surface area contributed by atoms with Gasteiger partial charge in [-0.15, -0.1) is 0 Å². The van der Waals surface area contributed by atoms with E-state index >= 15 is 0 Å². The van der Waals surface area contributed by atoms with Gasteiger partial charge < -0.3 is 10.2 Å². The molecular weight excluding hydrogens is 282 g/mol. The van der Waals surface area contributed by atoms with Crippen LogP contribution in [-0.2, 0) is 6.54 Å². The summed E-state index contributed by atoms with van der Waals surface area (Å²) >= 11 is 6.28. The van der Waals surface area contributed by atoms with Gasteiger partial charge in [0.25, 0.3) is 0 Å². The van der Waals surface area contributed by atoms with Gasteiger partial charge in [-0.3, -0.25) is 0 Å². The van der Waals surface area contributed by atoms with Crippen LogP contribution in [0.4, 0.5) is 5.82 Å². The summed E-state index contributed by atoms with van der Waals surface area (Å²) in [6.45, 7) is 6.05. The molecule has 1 aromatic heterocycles. The van der Waals surface area contributed by atoms with E-state index in [9.17, 15) is 0 Å². The van der Waals surface area contributed by atoms with Gasteiger partial charge in [0.05, 0.1) is 6.04 Å². The molecule has 1 aromatic carbocycles. The Labute approximate surface area is 132 Å². The number of nitrogens with zero attached hydrogens (tertiary/aromatic N) is 2. The van der Waals surface area contributed by atoms with E-state index in [-0.39, 0.29) is 6.04 Å². The van der Waals surface area contributed by atoms with Crippen molar-refractivity contribution in [2.45, 2.75) is 26.4 Å². The van der Waals surface area contributed by atoms with Crippen LogP contribution in [0.5, 0.6) is 0 Å². The second-order valence-electron chi connectivity index (χ2n) is 5.11. The molecule has 0 spiro atoms. The minimum atomic E-state index is 0.172. The van der Waals surface area contributed by atoms with Gasteiger partial charge in [-0.25, -0.2) is 4.98 Å². The molecule has 0 aliphatic rings.